The maximum absolute atomic E-state index is 10.9. The first-order valence-electron chi connectivity index (χ1n) is 8.68. The minimum Gasteiger partial charge on any atom is -0.494 e. The molecule has 0 amide bonds. The number of benzene rings is 1. The van der Waals surface area contributed by atoms with Crippen LogP contribution < -0.4 is 15.4 Å². The van der Waals surface area contributed by atoms with E-state index in [2.05, 4.69) is 14.9 Å². The molecule has 0 saturated carbocycles. The van der Waals surface area contributed by atoms with Crippen LogP contribution in [0, 0.1) is 5.92 Å². The minimum absolute atomic E-state index is 0.248. The number of rotatable bonds is 7. The molecule has 1 fully saturated rings. The number of para-hydroxylation sites is 1. The van der Waals surface area contributed by atoms with Gasteiger partial charge in [0.05, 0.1) is 7.11 Å². The zero-order valence-electron chi connectivity index (χ0n) is 14.7. The van der Waals surface area contributed by atoms with Crippen LogP contribution >= 0.6 is 8.25 Å². The highest BCUT2D eigenvalue weighted by Crippen LogP contribution is 2.33. The van der Waals surface area contributed by atoms with Crippen molar-refractivity contribution in [1.29, 1.82) is 0 Å². The van der Waals surface area contributed by atoms with Gasteiger partial charge < -0.3 is 15.4 Å². The molecule has 0 bridgehead atoms. The molecular formula is C17H24N4O4P+. The number of nitrogens with two attached hydrogens (primary N) is 1. The molecule has 1 saturated heterocycles. The fraction of sp³-hybridized carbons (Fsp3) is 0.529. The topological polar surface area (TPSA) is 111 Å². The van der Waals surface area contributed by atoms with Gasteiger partial charge in [-0.05, 0) is 37.3 Å². The molecular weight excluding hydrogens is 355 g/mol. The van der Waals surface area contributed by atoms with E-state index in [1.165, 1.54) is 0 Å². The van der Waals surface area contributed by atoms with E-state index >= 15 is 0 Å². The molecule has 2 heterocycles. The van der Waals surface area contributed by atoms with Gasteiger partial charge in [-0.2, -0.15) is 0 Å². The normalized spacial score (nSPS) is 17.3. The first-order chi connectivity index (χ1) is 12.6. The molecule has 2 unspecified atom stereocenters. The van der Waals surface area contributed by atoms with Crippen molar-refractivity contribution in [3.05, 3.63) is 24.5 Å². The first kappa shape index (κ1) is 18.9. The summed E-state index contributed by atoms with van der Waals surface area (Å²) >= 11 is 0. The SMILES string of the molecule is COc1cccc2c(N3CCC(CC(CN)O[P+](=O)O)CC3)ncnc12. The van der Waals surface area contributed by atoms with E-state index in [1.807, 2.05) is 18.2 Å². The summed E-state index contributed by atoms with van der Waals surface area (Å²) in [6.45, 7) is 1.96. The van der Waals surface area contributed by atoms with Gasteiger partial charge in [-0.15, -0.1) is 9.42 Å². The number of hydrogen-bond donors (Lipinski definition) is 2. The van der Waals surface area contributed by atoms with Crippen molar-refractivity contribution in [3.63, 3.8) is 0 Å². The molecule has 1 aromatic carbocycles. The van der Waals surface area contributed by atoms with Crippen LogP contribution in [0.2, 0.25) is 0 Å². The largest absolute Gasteiger partial charge is 0.695 e. The molecule has 0 spiro atoms. The maximum Gasteiger partial charge on any atom is 0.695 e. The minimum atomic E-state index is -2.61. The quantitative estimate of drug-likeness (QED) is 0.705. The summed E-state index contributed by atoms with van der Waals surface area (Å²) in [6, 6.07) is 5.85. The number of anilines is 1. The van der Waals surface area contributed by atoms with Gasteiger partial charge in [0.25, 0.3) is 0 Å². The third-order valence-corrected chi connectivity index (χ3v) is 5.32. The number of nitrogens with zero attached hydrogens (tertiary/aromatic N) is 3. The Labute approximate surface area is 153 Å². The second-order valence-corrected chi connectivity index (χ2v) is 7.11. The van der Waals surface area contributed by atoms with Crippen LogP contribution in [0.15, 0.2) is 24.5 Å². The van der Waals surface area contributed by atoms with Crippen molar-refractivity contribution in [2.75, 3.05) is 31.6 Å². The summed E-state index contributed by atoms with van der Waals surface area (Å²) in [7, 11) is -0.974. The number of fused-ring (bicyclic) bond motifs is 1. The predicted molar refractivity (Wildman–Crippen MR) is 99.4 cm³/mol. The van der Waals surface area contributed by atoms with E-state index in [0.717, 1.165) is 48.4 Å². The number of aromatic nitrogens is 2. The van der Waals surface area contributed by atoms with Gasteiger partial charge in [0.15, 0.2) is 0 Å². The average Bonchev–Trinajstić information content (AvgIpc) is 2.66. The zero-order valence-corrected chi connectivity index (χ0v) is 15.6. The lowest BCUT2D eigenvalue weighted by atomic mass is 9.91. The van der Waals surface area contributed by atoms with Crippen molar-refractivity contribution in [1.82, 2.24) is 9.97 Å². The van der Waals surface area contributed by atoms with Gasteiger partial charge in [-0.25, -0.2) is 9.97 Å². The van der Waals surface area contributed by atoms with Gasteiger partial charge in [-0.3, -0.25) is 0 Å². The zero-order chi connectivity index (χ0) is 18.5. The summed E-state index contributed by atoms with van der Waals surface area (Å²) in [4.78, 5) is 20.0. The van der Waals surface area contributed by atoms with Crippen LogP contribution in [0.5, 0.6) is 5.75 Å². The molecule has 1 aliphatic rings. The van der Waals surface area contributed by atoms with E-state index in [4.69, 9.17) is 19.9 Å². The van der Waals surface area contributed by atoms with Crippen LogP contribution in [0.4, 0.5) is 5.82 Å². The van der Waals surface area contributed by atoms with Crippen molar-refractivity contribution in [2.24, 2.45) is 11.7 Å². The standard InChI is InChI=1S/C17H23N4O4P/c1-24-15-4-2-3-14-16(15)19-11-20-17(14)21-7-5-12(6-8-21)9-13(10-18)25-26(22)23/h2-4,11-13H,5-10,18H2,1H3/p+1. The highest BCUT2D eigenvalue weighted by molar-refractivity contribution is 7.32. The molecule has 0 aliphatic carbocycles. The van der Waals surface area contributed by atoms with Gasteiger partial charge in [0.1, 0.15) is 29.5 Å². The predicted octanol–water partition coefficient (Wildman–Crippen LogP) is 2.24. The third-order valence-electron chi connectivity index (χ3n) is 4.84. The number of piperidine rings is 1. The molecule has 0 radical (unpaired) electrons. The summed E-state index contributed by atoms with van der Waals surface area (Å²) in [5, 5.41) is 0.978. The lowest BCUT2D eigenvalue weighted by molar-refractivity contribution is 0.156. The monoisotopic (exact) mass is 379 g/mol. The molecule has 8 nitrogen and oxygen atoms in total. The Morgan fingerprint density at radius 1 is 1.38 bits per heavy atom. The van der Waals surface area contributed by atoms with Gasteiger partial charge >= 0.3 is 8.25 Å². The lowest BCUT2D eigenvalue weighted by Gasteiger charge is -2.33. The summed E-state index contributed by atoms with van der Waals surface area (Å²) in [5.41, 5.74) is 6.45. The van der Waals surface area contributed by atoms with Crippen LogP contribution in [-0.2, 0) is 9.09 Å². The Hall–Kier alpha value is -1.86. The van der Waals surface area contributed by atoms with Gasteiger partial charge in [0.2, 0.25) is 0 Å². The molecule has 3 N–H and O–H groups in total. The Bertz CT molecular complexity index is 768. The molecule has 3 rings (SSSR count). The van der Waals surface area contributed by atoms with Crippen LogP contribution in [-0.4, -0.2) is 47.7 Å². The smallest absolute Gasteiger partial charge is 0.494 e. The Morgan fingerprint density at radius 3 is 2.81 bits per heavy atom. The fourth-order valence-electron chi connectivity index (χ4n) is 3.53. The van der Waals surface area contributed by atoms with Crippen molar-refractivity contribution < 1.29 is 18.7 Å². The van der Waals surface area contributed by atoms with Gasteiger partial charge in [0, 0.05) is 29.6 Å². The second-order valence-electron chi connectivity index (χ2n) is 6.42. The molecule has 2 aromatic rings. The summed E-state index contributed by atoms with van der Waals surface area (Å²) in [6.07, 6.45) is 3.81. The fourth-order valence-corrected chi connectivity index (χ4v) is 3.95. The number of methoxy groups -OCH3 is 1. The van der Waals surface area contributed by atoms with Crippen molar-refractivity contribution in [2.45, 2.75) is 25.4 Å². The summed E-state index contributed by atoms with van der Waals surface area (Å²) < 4.78 is 21.2. The van der Waals surface area contributed by atoms with Gasteiger partial charge in [-0.1, -0.05) is 6.07 Å². The Balaban J connectivity index is 1.69. The molecule has 9 heteroatoms. The Morgan fingerprint density at radius 2 is 2.15 bits per heavy atom. The third kappa shape index (κ3) is 4.27. The number of ether oxygens (including phenoxy) is 1. The molecule has 1 aromatic heterocycles. The van der Waals surface area contributed by atoms with Crippen LogP contribution in [0.1, 0.15) is 19.3 Å². The van der Waals surface area contributed by atoms with E-state index in [1.54, 1.807) is 13.4 Å². The Kier molecular flexibility index (Phi) is 6.32. The van der Waals surface area contributed by atoms with Crippen molar-refractivity contribution >= 4 is 25.0 Å². The van der Waals surface area contributed by atoms with Crippen LogP contribution in [0.3, 0.4) is 0 Å². The molecule has 26 heavy (non-hydrogen) atoms. The first-order valence-corrected chi connectivity index (χ1v) is 9.81. The second kappa shape index (κ2) is 8.68. The molecule has 140 valence electrons. The van der Waals surface area contributed by atoms with Crippen molar-refractivity contribution in [3.8, 4) is 5.75 Å². The van der Waals surface area contributed by atoms with E-state index in [0.29, 0.717) is 12.3 Å². The maximum atomic E-state index is 10.9. The van der Waals surface area contributed by atoms with Crippen LogP contribution in [0.25, 0.3) is 10.9 Å². The van der Waals surface area contributed by atoms with E-state index < -0.39 is 8.25 Å². The molecule has 2 atom stereocenters. The lowest BCUT2D eigenvalue weighted by Crippen LogP contribution is -2.36. The average molecular weight is 379 g/mol. The van der Waals surface area contributed by atoms with E-state index in [9.17, 15) is 4.57 Å². The molecule has 1 aliphatic heterocycles. The highest BCUT2D eigenvalue weighted by atomic mass is 31.1. The highest BCUT2D eigenvalue weighted by Gasteiger charge is 2.28. The number of hydrogen-bond acceptors (Lipinski definition) is 7. The van der Waals surface area contributed by atoms with E-state index in [-0.39, 0.29) is 12.6 Å². The summed E-state index contributed by atoms with van der Waals surface area (Å²) in [5.74, 6) is 2.07.